The van der Waals surface area contributed by atoms with E-state index in [4.69, 9.17) is 9.15 Å². The van der Waals surface area contributed by atoms with Gasteiger partial charge < -0.3 is 14.5 Å². The summed E-state index contributed by atoms with van der Waals surface area (Å²) in [6.45, 7) is 4.03. The Morgan fingerprint density at radius 1 is 1.21 bits per heavy atom. The lowest BCUT2D eigenvalue weighted by atomic mass is 10.3. The number of ether oxygens (including phenoxy) is 1. The quantitative estimate of drug-likeness (QED) is 0.790. The molecule has 0 atom stereocenters. The molecule has 1 aromatic heterocycles. The smallest absolute Gasteiger partial charge is 0.221 e. The number of hydrogen-bond donors (Lipinski definition) is 1. The summed E-state index contributed by atoms with van der Waals surface area (Å²) in [5, 5.41) is 2.62. The molecule has 0 spiro atoms. The summed E-state index contributed by atoms with van der Waals surface area (Å²) in [6, 6.07) is 9.67. The molecule has 1 amide bonds. The predicted molar refractivity (Wildman–Crippen MR) is 89.4 cm³/mol. The first-order valence-electron chi connectivity index (χ1n) is 7.65. The fourth-order valence-electron chi connectivity index (χ4n) is 2.03. The molecule has 2 rings (SSSR count). The molecule has 0 aliphatic rings. The Bertz CT molecular complexity index is 749. The maximum atomic E-state index is 12.3. The highest BCUT2D eigenvalue weighted by molar-refractivity contribution is 7.91. The molecule has 1 aromatic carbocycles. The van der Waals surface area contributed by atoms with Crippen LogP contribution in [0.2, 0.25) is 0 Å². The van der Waals surface area contributed by atoms with Crippen molar-refractivity contribution in [1.29, 1.82) is 0 Å². The molecule has 1 N–H and O–H groups in total. The Labute approximate surface area is 141 Å². The van der Waals surface area contributed by atoms with Crippen molar-refractivity contribution in [2.45, 2.75) is 37.8 Å². The Morgan fingerprint density at radius 2 is 1.92 bits per heavy atom. The van der Waals surface area contributed by atoms with Crippen LogP contribution >= 0.6 is 0 Å². The van der Waals surface area contributed by atoms with Gasteiger partial charge in [0.15, 0.2) is 9.84 Å². The molecule has 24 heavy (non-hydrogen) atoms. The number of sulfone groups is 1. The summed E-state index contributed by atoms with van der Waals surface area (Å²) < 4.78 is 35.1. The minimum absolute atomic E-state index is 0.0188. The number of carbonyl (C=O) groups excluding carboxylic acids is 1. The molecule has 0 aliphatic heterocycles. The van der Waals surface area contributed by atoms with E-state index < -0.39 is 9.84 Å². The van der Waals surface area contributed by atoms with Gasteiger partial charge in [0.1, 0.15) is 11.5 Å². The third-order valence-electron chi connectivity index (χ3n) is 3.19. The molecule has 130 valence electrons. The fraction of sp³-hybridized carbons (Fsp3) is 0.353. The first-order valence-corrected chi connectivity index (χ1v) is 9.30. The average molecular weight is 351 g/mol. The highest BCUT2D eigenvalue weighted by Crippen LogP contribution is 2.18. The number of furan rings is 1. The van der Waals surface area contributed by atoms with E-state index in [0.717, 1.165) is 0 Å². The van der Waals surface area contributed by atoms with Crippen LogP contribution in [-0.4, -0.2) is 26.2 Å². The van der Waals surface area contributed by atoms with Crippen LogP contribution in [-0.2, 0) is 21.2 Å². The van der Waals surface area contributed by atoms with E-state index in [0.29, 0.717) is 11.5 Å². The normalized spacial score (nSPS) is 11.5. The van der Waals surface area contributed by atoms with Crippen LogP contribution in [0.25, 0.3) is 0 Å². The third-order valence-corrected chi connectivity index (χ3v) is 4.92. The van der Waals surface area contributed by atoms with Crippen LogP contribution in [0.1, 0.15) is 26.0 Å². The summed E-state index contributed by atoms with van der Waals surface area (Å²) in [7, 11) is -3.51. The standard InChI is InChI=1S/C17H21NO5S/c1-13(2)23-14-5-7-16(8-6-14)24(20,21)11-9-17(19)18-12-15-4-3-10-22-15/h3-8,10,13H,9,11-12H2,1-2H3,(H,18,19). The average Bonchev–Trinajstić information content (AvgIpc) is 3.04. The minimum Gasteiger partial charge on any atom is -0.491 e. The van der Waals surface area contributed by atoms with Gasteiger partial charge in [-0.2, -0.15) is 0 Å². The molecule has 0 saturated heterocycles. The first-order chi connectivity index (χ1) is 11.4. The topological polar surface area (TPSA) is 85.6 Å². The van der Waals surface area contributed by atoms with Crippen LogP contribution in [0.15, 0.2) is 52.0 Å². The van der Waals surface area contributed by atoms with Gasteiger partial charge in [-0.15, -0.1) is 0 Å². The number of amides is 1. The summed E-state index contributed by atoms with van der Waals surface area (Å²) >= 11 is 0. The molecular weight excluding hydrogens is 330 g/mol. The number of benzene rings is 1. The zero-order valence-corrected chi connectivity index (χ0v) is 14.5. The Kier molecular flexibility index (Phi) is 6.03. The fourth-order valence-corrected chi connectivity index (χ4v) is 3.27. The van der Waals surface area contributed by atoms with Crippen LogP contribution < -0.4 is 10.1 Å². The lowest BCUT2D eigenvalue weighted by molar-refractivity contribution is -0.120. The zero-order chi connectivity index (χ0) is 17.6. The van der Waals surface area contributed by atoms with Crippen LogP contribution in [0, 0.1) is 0 Å². The second-order valence-corrected chi connectivity index (χ2v) is 7.67. The van der Waals surface area contributed by atoms with Crippen LogP contribution in [0.3, 0.4) is 0 Å². The molecule has 6 nitrogen and oxygen atoms in total. The Morgan fingerprint density at radius 3 is 2.50 bits per heavy atom. The van der Waals surface area contributed by atoms with E-state index in [1.165, 1.54) is 18.4 Å². The molecule has 2 aromatic rings. The van der Waals surface area contributed by atoms with Gasteiger partial charge in [0.25, 0.3) is 0 Å². The van der Waals surface area contributed by atoms with Crippen molar-refractivity contribution < 1.29 is 22.4 Å². The third kappa shape index (κ3) is 5.42. The van der Waals surface area contributed by atoms with Crippen molar-refractivity contribution in [3.05, 3.63) is 48.4 Å². The largest absolute Gasteiger partial charge is 0.491 e. The SMILES string of the molecule is CC(C)Oc1ccc(S(=O)(=O)CCC(=O)NCc2ccco2)cc1. The van der Waals surface area contributed by atoms with E-state index in [2.05, 4.69) is 5.32 Å². The van der Waals surface area contributed by atoms with E-state index in [1.54, 1.807) is 24.3 Å². The number of rotatable bonds is 8. The Hall–Kier alpha value is -2.28. The highest BCUT2D eigenvalue weighted by atomic mass is 32.2. The van der Waals surface area contributed by atoms with Crippen LogP contribution in [0.4, 0.5) is 0 Å². The van der Waals surface area contributed by atoms with Crippen molar-refractivity contribution in [3.63, 3.8) is 0 Å². The molecule has 0 bridgehead atoms. The van der Waals surface area contributed by atoms with Crippen molar-refractivity contribution in [2.24, 2.45) is 0 Å². The maximum absolute atomic E-state index is 12.3. The van der Waals surface area contributed by atoms with Gasteiger partial charge in [0.2, 0.25) is 5.91 Å². The van der Waals surface area contributed by atoms with Gasteiger partial charge in [0.05, 0.1) is 29.6 Å². The molecule has 0 fully saturated rings. The molecule has 0 unspecified atom stereocenters. The Balaban J connectivity index is 1.87. The molecule has 0 radical (unpaired) electrons. The predicted octanol–water partition coefficient (Wildman–Crippen LogP) is 2.55. The van der Waals surface area contributed by atoms with Crippen molar-refractivity contribution in [3.8, 4) is 5.75 Å². The van der Waals surface area contributed by atoms with E-state index in [1.807, 2.05) is 13.8 Å². The number of nitrogens with one attached hydrogen (secondary N) is 1. The van der Waals surface area contributed by atoms with Gasteiger partial charge in [-0.3, -0.25) is 4.79 Å². The summed E-state index contributed by atoms with van der Waals surface area (Å²) in [5.41, 5.74) is 0. The molecular formula is C17H21NO5S. The zero-order valence-electron chi connectivity index (χ0n) is 13.7. The minimum atomic E-state index is -3.51. The maximum Gasteiger partial charge on any atom is 0.221 e. The number of carbonyl (C=O) groups is 1. The van der Waals surface area contributed by atoms with Crippen molar-refractivity contribution in [2.75, 3.05) is 5.75 Å². The summed E-state index contributed by atoms with van der Waals surface area (Å²) in [5.74, 6) is 0.642. The lowest BCUT2D eigenvalue weighted by Gasteiger charge is -2.10. The van der Waals surface area contributed by atoms with Crippen molar-refractivity contribution in [1.82, 2.24) is 5.32 Å². The van der Waals surface area contributed by atoms with Crippen molar-refractivity contribution >= 4 is 15.7 Å². The molecule has 0 aliphatic carbocycles. The van der Waals surface area contributed by atoms with Gasteiger partial charge in [-0.1, -0.05) is 0 Å². The number of hydrogen-bond acceptors (Lipinski definition) is 5. The van der Waals surface area contributed by atoms with Gasteiger partial charge in [-0.05, 0) is 50.2 Å². The highest BCUT2D eigenvalue weighted by Gasteiger charge is 2.16. The summed E-state index contributed by atoms with van der Waals surface area (Å²) in [4.78, 5) is 11.9. The summed E-state index contributed by atoms with van der Waals surface area (Å²) in [6.07, 6.45) is 1.43. The van der Waals surface area contributed by atoms with Gasteiger partial charge in [0, 0.05) is 6.42 Å². The van der Waals surface area contributed by atoms with Gasteiger partial charge >= 0.3 is 0 Å². The van der Waals surface area contributed by atoms with E-state index >= 15 is 0 Å². The molecule has 7 heteroatoms. The molecule has 0 saturated carbocycles. The second-order valence-electron chi connectivity index (χ2n) is 5.56. The molecule has 1 heterocycles. The van der Waals surface area contributed by atoms with Crippen LogP contribution in [0.5, 0.6) is 5.75 Å². The van der Waals surface area contributed by atoms with E-state index in [9.17, 15) is 13.2 Å². The van der Waals surface area contributed by atoms with Gasteiger partial charge in [-0.25, -0.2) is 8.42 Å². The van der Waals surface area contributed by atoms with E-state index in [-0.39, 0.29) is 35.6 Å². The monoisotopic (exact) mass is 351 g/mol. The second kappa shape index (κ2) is 8.01. The lowest BCUT2D eigenvalue weighted by Crippen LogP contribution is -2.25. The first kappa shape index (κ1) is 18.1.